The Labute approximate surface area is 172 Å². The van der Waals surface area contributed by atoms with Gasteiger partial charge in [-0.3, -0.25) is 18.7 Å². The summed E-state index contributed by atoms with van der Waals surface area (Å²) in [6.45, 7) is 3.23. The molecule has 0 aliphatic rings. The number of rotatable bonds is 9. The summed E-state index contributed by atoms with van der Waals surface area (Å²) in [7, 11) is -2.57. The number of benzene rings is 2. The lowest BCUT2D eigenvalue weighted by atomic mass is 10.2. The molecule has 1 N–H and O–H groups in total. The van der Waals surface area contributed by atoms with Crippen molar-refractivity contribution in [2.24, 2.45) is 7.05 Å². The lowest BCUT2D eigenvalue weighted by molar-refractivity contribution is 0.0828. The number of ketones is 1. The predicted molar refractivity (Wildman–Crippen MR) is 113 cm³/mol. The van der Waals surface area contributed by atoms with Gasteiger partial charge >= 0.3 is 7.60 Å². The van der Waals surface area contributed by atoms with Crippen molar-refractivity contribution in [2.45, 2.75) is 6.42 Å². The molecule has 0 fully saturated rings. The molecule has 3 aromatic rings. The maximum absolute atomic E-state index is 12.5. The maximum atomic E-state index is 12.5. The minimum absolute atomic E-state index is 0.273. The summed E-state index contributed by atoms with van der Waals surface area (Å²) in [4.78, 5) is 39.0. The van der Waals surface area contributed by atoms with E-state index in [4.69, 9.17) is 9.26 Å². The van der Waals surface area contributed by atoms with Crippen LogP contribution in [0.5, 0.6) is 0 Å². The number of aromatic nitrogens is 2. The van der Waals surface area contributed by atoms with Crippen molar-refractivity contribution in [1.29, 1.82) is 0 Å². The maximum Gasteiger partial charge on any atom is 0.331 e. The molecule has 9 heteroatoms. The van der Waals surface area contributed by atoms with Crippen molar-refractivity contribution in [3.05, 3.63) is 82.8 Å². The summed E-state index contributed by atoms with van der Waals surface area (Å²) in [5.74, 6) is -0.343. The van der Waals surface area contributed by atoms with E-state index in [0.717, 1.165) is 0 Å². The number of para-hydroxylation sites is 2. The summed E-state index contributed by atoms with van der Waals surface area (Å²) < 4.78 is 23.7. The summed E-state index contributed by atoms with van der Waals surface area (Å²) in [5.41, 5.74) is 0.951. The van der Waals surface area contributed by atoms with Crippen LogP contribution in [0, 0.1) is 0 Å². The lowest BCUT2D eigenvalue weighted by Gasteiger charge is -2.14. The van der Waals surface area contributed by atoms with Gasteiger partial charge in [-0.2, -0.15) is 0 Å². The minimum Gasteiger partial charge on any atom is -0.467 e. The van der Waals surface area contributed by atoms with Gasteiger partial charge < -0.3 is 14.2 Å². The highest BCUT2D eigenvalue weighted by atomic mass is 31.2. The van der Waals surface area contributed by atoms with Gasteiger partial charge in [0.1, 0.15) is 5.76 Å². The molecule has 3 rings (SSSR count). The lowest BCUT2D eigenvalue weighted by Crippen LogP contribution is -2.27. The summed E-state index contributed by atoms with van der Waals surface area (Å²) in [6, 6.07) is 15.9. The zero-order chi connectivity index (χ0) is 21.7. The Morgan fingerprint density at radius 2 is 1.83 bits per heavy atom. The van der Waals surface area contributed by atoms with Crippen molar-refractivity contribution < 1.29 is 23.5 Å². The van der Waals surface area contributed by atoms with Gasteiger partial charge in [-0.25, -0.2) is 4.98 Å². The fraction of sp³-hybridized carbons (Fsp3) is 0.190. The molecule has 2 aromatic carbocycles. The fourth-order valence-corrected chi connectivity index (χ4v) is 3.61. The number of aryl methyl sites for hydroxylation is 1. The number of hydrogen-bond donors (Lipinski definition) is 1. The van der Waals surface area contributed by atoms with E-state index < -0.39 is 31.9 Å². The average Bonchev–Trinajstić information content (AvgIpc) is 2.75. The summed E-state index contributed by atoms with van der Waals surface area (Å²) in [6.07, 6.45) is -0.835. The molecule has 1 aromatic heterocycles. The second kappa shape index (κ2) is 9.17. The third-order valence-electron chi connectivity index (χ3n) is 4.45. The molecule has 0 amide bonds. The first-order chi connectivity index (χ1) is 14.3. The van der Waals surface area contributed by atoms with E-state index in [2.05, 4.69) is 11.6 Å². The van der Waals surface area contributed by atoms with E-state index in [1.165, 1.54) is 4.57 Å². The topological polar surface area (TPSA) is 108 Å². The molecule has 8 nitrogen and oxygen atoms in total. The zero-order valence-corrected chi connectivity index (χ0v) is 17.2. The van der Waals surface area contributed by atoms with E-state index in [-0.39, 0.29) is 17.9 Å². The highest BCUT2D eigenvalue weighted by Gasteiger charge is 2.24. The van der Waals surface area contributed by atoms with Crippen LogP contribution in [0.4, 0.5) is 0 Å². The number of ether oxygens (including phenoxy) is 1. The molecule has 0 aliphatic carbocycles. The van der Waals surface area contributed by atoms with E-state index in [9.17, 15) is 19.0 Å². The quantitative estimate of drug-likeness (QED) is 0.241. The molecule has 1 unspecified atom stereocenters. The first-order valence-corrected chi connectivity index (χ1v) is 10.9. The monoisotopic (exact) mass is 428 g/mol. The van der Waals surface area contributed by atoms with E-state index in [1.807, 2.05) is 6.07 Å². The van der Waals surface area contributed by atoms with Crippen molar-refractivity contribution in [2.75, 3.05) is 13.0 Å². The zero-order valence-electron chi connectivity index (χ0n) is 16.4. The van der Waals surface area contributed by atoms with Gasteiger partial charge in [-0.15, -0.1) is 0 Å². The molecule has 0 saturated heterocycles. The second-order valence-electron chi connectivity index (χ2n) is 6.53. The van der Waals surface area contributed by atoms with E-state index in [0.29, 0.717) is 16.6 Å². The van der Waals surface area contributed by atoms with Crippen molar-refractivity contribution in [3.63, 3.8) is 0 Å². The third kappa shape index (κ3) is 5.10. The average molecular weight is 428 g/mol. The standard InChI is InChI=1S/C21H21N2O6P/c1-15(16-8-4-3-5-9-16)28-14-29-30(26,27)13-12-19(24)20-21(25)23(2)18-11-7-6-10-17(18)22-20/h3-11H,1,12-14H2,2H3,(H,26,27). The Kier molecular flexibility index (Phi) is 6.62. The number of fused-ring (bicyclic) bond motifs is 1. The molecule has 0 aliphatic heterocycles. The van der Waals surface area contributed by atoms with Crippen LogP contribution in [-0.4, -0.2) is 33.2 Å². The van der Waals surface area contributed by atoms with Crippen LogP contribution in [0.25, 0.3) is 16.8 Å². The Hall–Kier alpha value is -3.06. The van der Waals surface area contributed by atoms with Gasteiger partial charge in [0.25, 0.3) is 5.56 Å². The Morgan fingerprint density at radius 3 is 2.57 bits per heavy atom. The van der Waals surface area contributed by atoms with Gasteiger partial charge in [0.2, 0.25) is 0 Å². The van der Waals surface area contributed by atoms with Gasteiger partial charge in [0.15, 0.2) is 18.3 Å². The molecule has 0 saturated carbocycles. The van der Waals surface area contributed by atoms with Gasteiger partial charge in [0.05, 0.1) is 17.2 Å². The van der Waals surface area contributed by atoms with Crippen LogP contribution >= 0.6 is 7.60 Å². The Balaban J connectivity index is 1.59. The van der Waals surface area contributed by atoms with E-state index in [1.54, 1.807) is 55.6 Å². The highest BCUT2D eigenvalue weighted by Crippen LogP contribution is 2.42. The van der Waals surface area contributed by atoms with Crippen molar-refractivity contribution in [3.8, 4) is 0 Å². The van der Waals surface area contributed by atoms with Crippen LogP contribution in [0.1, 0.15) is 22.5 Å². The number of carbonyl (C=O) groups is 1. The molecular weight excluding hydrogens is 407 g/mol. The molecule has 0 spiro atoms. The smallest absolute Gasteiger partial charge is 0.331 e. The molecule has 1 atom stereocenters. The highest BCUT2D eigenvalue weighted by molar-refractivity contribution is 7.52. The fourth-order valence-electron chi connectivity index (χ4n) is 2.77. The third-order valence-corrected chi connectivity index (χ3v) is 5.75. The molecular formula is C21H21N2O6P. The molecule has 0 radical (unpaired) electrons. The number of nitrogens with zero attached hydrogens (tertiary/aromatic N) is 2. The van der Waals surface area contributed by atoms with Crippen molar-refractivity contribution in [1.82, 2.24) is 9.55 Å². The number of Topliss-reactive ketones (excluding diaryl/α,β-unsaturated/α-hetero) is 1. The minimum atomic E-state index is -4.11. The van der Waals surface area contributed by atoms with Gasteiger partial charge in [-0.1, -0.05) is 49.0 Å². The first kappa shape index (κ1) is 21.6. The SMILES string of the molecule is C=C(OCOP(=O)(O)CCC(=O)c1nc2ccccc2n(C)c1=O)c1ccccc1. The van der Waals surface area contributed by atoms with Crippen LogP contribution in [0.3, 0.4) is 0 Å². The molecule has 30 heavy (non-hydrogen) atoms. The molecule has 156 valence electrons. The van der Waals surface area contributed by atoms with Crippen LogP contribution in [-0.2, 0) is 20.9 Å². The van der Waals surface area contributed by atoms with E-state index >= 15 is 0 Å². The van der Waals surface area contributed by atoms with Crippen LogP contribution in [0.15, 0.2) is 66.0 Å². The summed E-state index contributed by atoms with van der Waals surface area (Å²) in [5, 5.41) is 0. The number of carbonyl (C=O) groups excluding carboxylic acids is 1. The normalized spacial score (nSPS) is 13.0. The molecule has 0 bridgehead atoms. The Morgan fingerprint density at radius 1 is 1.17 bits per heavy atom. The number of hydrogen-bond acceptors (Lipinski definition) is 6. The second-order valence-corrected chi connectivity index (χ2v) is 8.51. The largest absolute Gasteiger partial charge is 0.467 e. The Bertz CT molecular complexity index is 1190. The van der Waals surface area contributed by atoms with Crippen LogP contribution in [0.2, 0.25) is 0 Å². The summed E-state index contributed by atoms with van der Waals surface area (Å²) >= 11 is 0. The van der Waals surface area contributed by atoms with Crippen LogP contribution < -0.4 is 5.56 Å². The van der Waals surface area contributed by atoms with Gasteiger partial charge in [-0.05, 0) is 12.1 Å². The van der Waals surface area contributed by atoms with Gasteiger partial charge in [0, 0.05) is 19.0 Å². The van der Waals surface area contributed by atoms with Crippen molar-refractivity contribution >= 4 is 30.2 Å². The predicted octanol–water partition coefficient (Wildman–Crippen LogP) is 3.35. The first-order valence-electron chi connectivity index (χ1n) is 9.11. The molecule has 1 heterocycles.